The van der Waals surface area contributed by atoms with Gasteiger partial charge in [0, 0.05) is 29.7 Å². The number of aliphatic hydroxyl groups is 1. The Balaban J connectivity index is 1.52. The summed E-state index contributed by atoms with van der Waals surface area (Å²) in [5.41, 5.74) is 0.193. The molecule has 1 aromatic carbocycles. The van der Waals surface area contributed by atoms with Crippen LogP contribution in [0.15, 0.2) is 54.9 Å². The highest BCUT2D eigenvalue weighted by molar-refractivity contribution is 6.30. The maximum absolute atomic E-state index is 13.6. The molecule has 0 saturated carbocycles. The molecule has 1 fully saturated rings. The van der Waals surface area contributed by atoms with Gasteiger partial charge in [-0.3, -0.25) is 9.59 Å². The van der Waals surface area contributed by atoms with E-state index in [2.05, 4.69) is 10.4 Å². The molecule has 2 aromatic heterocycles. The molecule has 2 N–H and O–H groups in total. The van der Waals surface area contributed by atoms with Crippen LogP contribution in [-0.4, -0.2) is 50.6 Å². The van der Waals surface area contributed by atoms with Gasteiger partial charge in [0.2, 0.25) is 5.91 Å². The van der Waals surface area contributed by atoms with Crippen LogP contribution in [0.5, 0.6) is 0 Å². The molecule has 8 heteroatoms. The Labute approximate surface area is 204 Å². The van der Waals surface area contributed by atoms with Gasteiger partial charge < -0.3 is 15.3 Å². The Morgan fingerprint density at radius 3 is 2.50 bits per heavy atom. The summed E-state index contributed by atoms with van der Waals surface area (Å²) >= 11 is 6.03. The van der Waals surface area contributed by atoms with E-state index in [-0.39, 0.29) is 17.7 Å². The van der Waals surface area contributed by atoms with Crippen LogP contribution in [0.1, 0.15) is 50.0 Å². The highest BCUT2D eigenvalue weighted by atomic mass is 35.5. The molecule has 4 rings (SSSR count). The largest absolute Gasteiger partial charge is 0.384 e. The summed E-state index contributed by atoms with van der Waals surface area (Å²) in [6.07, 6.45) is 3.68. The molecule has 0 unspecified atom stereocenters. The van der Waals surface area contributed by atoms with Gasteiger partial charge >= 0.3 is 0 Å². The minimum absolute atomic E-state index is 0.113. The van der Waals surface area contributed by atoms with E-state index in [0.29, 0.717) is 35.6 Å². The molecular weight excluding hydrogens is 452 g/mol. The first-order valence-corrected chi connectivity index (χ1v) is 11.9. The molecule has 0 spiro atoms. The van der Waals surface area contributed by atoms with Gasteiger partial charge in [-0.05, 0) is 42.2 Å². The number of hydrogen-bond acceptors (Lipinski definition) is 4. The lowest BCUT2D eigenvalue weighted by Gasteiger charge is -2.51. The summed E-state index contributed by atoms with van der Waals surface area (Å²) in [6.45, 7) is 8.50. The quantitative estimate of drug-likeness (QED) is 0.577. The number of aromatic nitrogens is 2. The number of pyridine rings is 1. The second-order valence-electron chi connectivity index (χ2n) is 10.0. The maximum Gasteiger partial charge on any atom is 0.255 e. The van der Waals surface area contributed by atoms with E-state index in [1.807, 2.05) is 58.0 Å². The van der Waals surface area contributed by atoms with Crippen molar-refractivity contribution in [2.45, 2.75) is 45.8 Å². The number of fused-ring (bicyclic) bond motifs is 1. The van der Waals surface area contributed by atoms with Crippen molar-refractivity contribution in [1.29, 1.82) is 0 Å². The zero-order chi connectivity index (χ0) is 24.7. The Hall–Kier alpha value is -2.90. The first-order chi connectivity index (χ1) is 16.0. The second kappa shape index (κ2) is 9.04. The van der Waals surface area contributed by atoms with Crippen LogP contribution >= 0.6 is 11.6 Å². The molecule has 3 aromatic rings. The number of piperidine rings is 1. The predicted octanol–water partition coefficient (Wildman–Crippen LogP) is 3.89. The zero-order valence-corrected chi connectivity index (χ0v) is 20.7. The molecule has 7 nitrogen and oxygen atoms in total. The van der Waals surface area contributed by atoms with E-state index in [1.165, 1.54) is 6.20 Å². The number of benzene rings is 1. The molecule has 34 heavy (non-hydrogen) atoms. The number of nitrogens with zero attached hydrogens (tertiary/aromatic N) is 3. The lowest BCUT2D eigenvalue weighted by Crippen LogP contribution is -2.60. The van der Waals surface area contributed by atoms with Crippen molar-refractivity contribution in [3.05, 3.63) is 71.0 Å². The third-order valence-corrected chi connectivity index (χ3v) is 7.23. The Morgan fingerprint density at radius 2 is 1.85 bits per heavy atom. The average Bonchev–Trinajstić information content (AvgIpc) is 3.23. The van der Waals surface area contributed by atoms with Crippen LogP contribution in [-0.2, 0) is 10.4 Å². The van der Waals surface area contributed by atoms with Crippen LogP contribution in [0.3, 0.4) is 0 Å². The van der Waals surface area contributed by atoms with Gasteiger partial charge in [0.15, 0.2) is 0 Å². The summed E-state index contributed by atoms with van der Waals surface area (Å²) in [6, 6.07) is 12.0. The van der Waals surface area contributed by atoms with Gasteiger partial charge in [-0.2, -0.15) is 5.10 Å². The minimum Gasteiger partial charge on any atom is -0.384 e. The monoisotopic (exact) mass is 482 g/mol. The van der Waals surface area contributed by atoms with Crippen molar-refractivity contribution in [3.8, 4) is 0 Å². The number of carbonyl (C=O) groups excluding carboxylic acids is 2. The second-order valence-corrected chi connectivity index (χ2v) is 10.5. The molecule has 2 atom stereocenters. The fraction of sp³-hybridized carbons (Fsp3) is 0.423. The Bertz CT molecular complexity index is 1200. The summed E-state index contributed by atoms with van der Waals surface area (Å²) < 4.78 is 1.63. The van der Waals surface area contributed by atoms with Gasteiger partial charge in [0.25, 0.3) is 5.91 Å². The molecule has 1 aliphatic rings. The van der Waals surface area contributed by atoms with Crippen LogP contribution in [0.4, 0.5) is 0 Å². The van der Waals surface area contributed by atoms with E-state index in [4.69, 9.17) is 11.6 Å². The fourth-order valence-electron chi connectivity index (χ4n) is 4.81. The van der Waals surface area contributed by atoms with Gasteiger partial charge in [-0.15, -0.1) is 0 Å². The first-order valence-electron chi connectivity index (χ1n) is 11.5. The van der Waals surface area contributed by atoms with Crippen molar-refractivity contribution < 1.29 is 14.7 Å². The Kier molecular flexibility index (Phi) is 6.44. The van der Waals surface area contributed by atoms with Gasteiger partial charge in [0.1, 0.15) is 6.04 Å². The third kappa shape index (κ3) is 4.30. The molecule has 2 amide bonds. The van der Waals surface area contributed by atoms with Crippen molar-refractivity contribution in [2.24, 2.45) is 11.3 Å². The van der Waals surface area contributed by atoms with E-state index in [9.17, 15) is 14.7 Å². The van der Waals surface area contributed by atoms with Crippen molar-refractivity contribution in [3.63, 3.8) is 0 Å². The van der Waals surface area contributed by atoms with Crippen LogP contribution < -0.4 is 5.32 Å². The Morgan fingerprint density at radius 1 is 1.15 bits per heavy atom. The smallest absolute Gasteiger partial charge is 0.255 e. The molecule has 0 bridgehead atoms. The number of amides is 2. The van der Waals surface area contributed by atoms with Crippen LogP contribution in [0, 0.1) is 11.3 Å². The number of halogens is 1. The van der Waals surface area contributed by atoms with Crippen LogP contribution in [0.2, 0.25) is 5.02 Å². The van der Waals surface area contributed by atoms with Crippen molar-refractivity contribution in [1.82, 2.24) is 19.8 Å². The summed E-state index contributed by atoms with van der Waals surface area (Å²) in [5, 5.41) is 19.4. The van der Waals surface area contributed by atoms with Gasteiger partial charge in [-0.25, -0.2) is 4.52 Å². The number of nitrogens with one attached hydrogen (secondary N) is 1. The standard InChI is InChI=1S/C26H31ClN4O3/c1-17(2)22(29-23(32)20-15-28-31-13-6-5-7-21(20)31)24(33)30-14-12-26(34,25(3,4)16-30)18-8-10-19(27)11-9-18/h5-11,13,15,17,22,34H,12,14,16H2,1-4H3,(H,29,32)/t22-,26+/m1/s1. The topological polar surface area (TPSA) is 86.9 Å². The van der Waals surface area contributed by atoms with E-state index in [0.717, 1.165) is 5.56 Å². The summed E-state index contributed by atoms with van der Waals surface area (Å²) in [4.78, 5) is 28.4. The normalized spacial score (nSPS) is 21.0. The van der Waals surface area contributed by atoms with Gasteiger partial charge in [0.05, 0.1) is 22.9 Å². The number of rotatable bonds is 5. The third-order valence-electron chi connectivity index (χ3n) is 6.97. The minimum atomic E-state index is -1.10. The zero-order valence-electron chi connectivity index (χ0n) is 20.0. The molecule has 0 radical (unpaired) electrons. The van der Waals surface area contributed by atoms with Crippen LogP contribution in [0.25, 0.3) is 5.52 Å². The SMILES string of the molecule is CC(C)[C@@H](NC(=O)c1cnn2ccccc12)C(=O)N1CC[C@](O)(c2ccc(Cl)cc2)C(C)(C)C1. The number of carbonyl (C=O) groups is 2. The molecular formula is C26H31ClN4O3. The molecule has 3 heterocycles. The van der Waals surface area contributed by atoms with E-state index in [1.54, 1.807) is 27.7 Å². The molecule has 1 saturated heterocycles. The van der Waals surface area contributed by atoms with E-state index >= 15 is 0 Å². The average molecular weight is 483 g/mol. The fourth-order valence-corrected chi connectivity index (χ4v) is 4.94. The van der Waals surface area contributed by atoms with E-state index < -0.39 is 17.1 Å². The maximum atomic E-state index is 13.6. The lowest BCUT2D eigenvalue weighted by molar-refractivity contribution is -0.155. The van der Waals surface area contributed by atoms with Gasteiger partial charge in [-0.1, -0.05) is 57.5 Å². The van der Waals surface area contributed by atoms with Crippen molar-refractivity contribution in [2.75, 3.05) is 13.1 Å². The summed E-state index contributed by atoms with van der Waals surface area (Å²) in [7, 11) is 0. The highest BCUT2D eigenvalue weighted by Crippen LogP contribution is 2.46. The summed E-state index contributed by atoms with van der Waals surface area (Å²) in [5.74, 6) is -0.591. The highest BCUT2D eigenvalue weighted by Gasteiger charge is 2.50. The molecule has 180 valence electrons. The van der Waals surface area contributed by atoms with Crippen molar-refractivity contribution >= 4 is 28.9 Å². The number of likely N-dealkylation sites (tertiary alicyclic amines) is 1. The first kappa shape index (κ1) is 24.2. The molecule has 0 aliphatic carbocycles. The predicted molar refractivity (Wildman–Crippen MR) is 132 cm³/mol. The molecule has 1 aliphatic heterocycles. The lowest BCUT2D eigenvalue weighted by atomic mass is 9.66. The number of hydrogen-bond donors (Lipinski definition) is 2.